The second-order valence-electron chi connectivity index (χ2n) is 3.05. The first kappa shape index (κ1) is 11.8. The molecule has 0 fully saturated rings. The molecule has 0 amide bonds. The molecule has 0 unspecified atom stereocenters. The summed E-state index contributed by atoms with van der Waals surface area (Å²) in [5.41, 5.74) is 0.454. The molecule has 2 aromatic rings. The van der Waals surface area contributed by atoms with Crippen molar-refractivity contribution in [2.45, 2.75) is 0 Å². The van der Waals surface area contributed by atoms with Crippen molar-refractivity contribution in [2.24, 2.45) is 0 Å². The first-order chi connectivity index (χ1) is 7.50. The number of carboxylic acids is 1. The average molecular weight is 365 g/mol. The van der Waals surface area contributed by atoms with Crippen LogP contribution in [-0.4, -0.2) is 16.1 Å². The third-order valence-corrected chi connectivity index (χ3v) is 3.63. The maximum Gasteiger partial charge on any atom is 0.354 e. The average Bonchev–Trinajstić information content (AvgIpc) is 2.22. The maximum absolute atomic E-state index is 10.8. The summed E-state index contributed by atoms with van der Waals surface area (Å²) in [7, 11) is 0. The van der Waals surface area contributed by atoms with Crippen molar-refractivity contribution >= 4 is 60.3 Å². The Labute approximate surface area is 113 Å². The fourth-order valence-corrected chi connectivity index (χ4v) is 2.69. The van der Waals surface area contributed by atoms with E-state index in [0.29, 0.717) is 20.4 Å². The van der Waals surface area contributed by atoms with E-state index in [1.54, 1.807) is 6.07 Å². The maximum atomic E-state index is 10.8. The number of halogens is 3. The number of pyridine rings is 1. The van der Waals surface area contributed by atoms with Crippen molar-refractivity contribution in [3.63, 3.8) is 0 Å². The number of aromatic carboxylic acids is 1. The van der Waals surface area contributed by atoms with Crippen LogP contribution in [0.5, 0.6) is 0 Å². The quantitative estimate of drug-likeness (QED) is 0.827. The lowest BCUT2D eigenvalue weighted by atomic mass is 10.2. The first-order valence-corrected chi connectivity index (χ1v) is 6.14. The molecule has 1 N–H and O–H groups in total. The van der Waals surface area contributed by atoms with Crippen LogP contribution in [0.4, 0.5) is 0 Å². The molecule has 0 aliphatic rings. The number of carboxylic acid groups (broad SMARTS) is 1. The van der Waals surface area contributed by atoms with Gasteiger partial charge in [0.15, 0.2) is 0 Å². The van der Waals surface area contributed by atoms with E-state index in [1.165, 1.54) is 6.07 Å². The van der Waals surface area contributed by atoms with Crippen LogP contribution >= 0.6 is 43.5 Å². The summed E-state index contributed by atoms with van der Waals surface area (Å²) in [5, 5.41) is 9.93. The summed E-state index contributed by atoms with van der Waals surface area (Å²) < 4.78 is 1.48. The lowest BCUT2D eigenvalue weighted by Crippen LogP contribution is -2.00. The molecule has 1 aromatic carbocycles. The summed E-state index contributed by atoms with van der Waals surface area (Å²) in [4.78, 5) is 14.9. The van der Waals surface area contributed by atoms with Crippen molar-refractivity contribution < 1.29 is 9.90 Å². The molecule has 0 atom stereocenters. The molecule has 0 saturated heterocycles. The van der Waals surface area contributed by atoms with E-state index in [-0.39, 0.29) is 5.69 Å². The molecule has 1 heterocycles. The normalized spacial score (nSPS) is 10.7. The monoisotopic (exact) mass is 363 g/mol. The van der Waals surface area contributed by atoms with E-state index < -0.39 is 5.97 Å². The zero-order valence-electron chi connectivity index (χ0n) is 7.67. The SMILES string of the molecule is O=C(O)c1cc(Cl)c2c(Br)ccc(Br)c2n1. The van der Waals surface area contributed by atoms with E-state index in [2.05, 4.69) is 36.8 Å². The molecule has 0 saturated carbocycles. The van der Waals surface area contributed by atoms with Crippen LogP contribution in [0.1, 0.15) is 10.5 Å². The Morgan fingerprint density at radius 3 is 2.56 bits per heavy atom. The highest BCUT2D eigenvalue weighted by molar-refractivity contribution is 9.11. The molecule has 2 rings (SSSR count). The minimum Gasteiger partial charge on any atom is -0.477 e. The van der Waals surface area contributed by atoms with Crippen molar-refractivity contribution in [1.82, 2.24) is 4.98 Å². The Balaban J connectivity index is 2.92. The molecule has 0 aliphatic heterocycles. The molecule has 0 aliphatic carbocycles. The van der Waals surface area contributed by atoms with E-state index in [4.69, 9.17) is 16.7 Å². The number of hydrogen-bond acceptors (Lipinski definition) is 2. The molecule has 16 heavy (non-hydrogen) atoms. The summed E-state index contributed by atoms with van der Waals surface area (Å²) >= 11 is 12.7. The zero-order valence-corrected chi connectivity index (χ0v) is 11.6. The van der Waals surface area contributed by atoms with Crippen molar-refractivity contribution in [3.05, 3.63) is 37.9 Å². The van der Waals surface area contributed by atoms with Gasteiger partial charge in [-0.1, -0.05) is 27.5 Å². The molecular formula is C10H4Br2ClNO2. The second kappa shape index (κ2) is 4.31. The fraction of sp³-hybridized carbons (Fsp3) is 0. The van der Waals surface area contributed by atoms with E-state index in [0.717, 1.165) is 4.47 Å². The second-order valence-corrected chi connectivity index (χ2v) is 5.16. The minimum absolute atomic E-state index is 0.0729. The molecule has 0 spiro atoms. The molecule has 0 bridgehead atoms. The molecule has 82 valence electrons. The van der Waals surface area contributed by atoms with E-state index >= 15 is 0 Å². The van der Waals surface area contributed by atoms with Crippen LogP contribution in [0.25, 0.3) is 10.9 Å². The van der Waals surface area contributed by atoms with Gasteiger partial charge >= 0.3 is 5.97 Å². The smallest absolute Gasteiger partial charge is 0.354 e. The lowest BCUT2D eigenvalue weighted by molar-refractivity contribution is 0.0691. The minimum atomic E-state index is -1.10. The van der Waals surface area contributed by atoms with Gasteiger partial charge in [-0.2, -0.15) is 0 Å². The van der Waals surface area contributed by atoms with Gasteiger partial charge in [0.1, 0.15) is 5.69 Å². The third kappa shape index (κ3) is 1.95. The van der Waals surface area contributed by atoms with Crippen molar-refractivity contribution in [2.75, 3.05) is 0 Å². The predicted octanol–water partition coefficient (Wildman–Crippen LogP) is 4.11. The number of benzene rings is 1. The third-order valence-electron chi connectivity index (χ3n) is 2.03. The fourth-order valence-electron chi connectivity index (χ4n) is 1.33. The van der Waals surface area contributed by atoms with Gasteiger partial charge in [0.05, 0.1) is 10.5 Å². The van der Waals surface area contributed by atoms with Crippen LogP contribution in [0.15, 0.2) is 27.1 Å². The molecular weight excluding hydrogens is 361 g/mol. The van der Waals surface area contributed by atoms with Crippen LogP contribution in [0, 0.1) is 0 Å². The highest BCUT2D eigenvalue weighted by atomic mass is 79.9. The van der Waals surface area contributed by atoms with Gasteiger partial charge in [0.2, 0.25) is 0 Å². The van der Waals surface area contributed by atoms with Gasteiger partial charge in [0.25, 0.3) is 0 Å². The predicted molar refractivity (Wildman–Crippen MR) is 69.1 cm³/mol. The lowest BCUT2D eigenvalue weighted by Gasteiger charge is -2.06. The zero-order chi connectivity index (χ0) is 11.9. The Hall–Kier alpha value is -0.650. The summed E-state index contributed by atoms with van der Waals surface area (Å²) in [6, 6.07) is 4.94. The topological polar surface area (TPSA) is 50.2 Å². The highest BCUT2D eigenvalue weighted by Crippen LogP contribution is 2.34. The van der Waals surface area contributed by atoms with Crippen LogP contribution in [0.2, 0.25) is 5.02 Å². The number of aromatic nitrogens is 1. The van der Waals surface area contributed by atoms with Crippen LogP contribution in [-0.2, 0) is 0 Å². The Kier molecular flexibility index (Phi) is 3.19. The van der Waals surface area contributed by atoms with Gasteiger partial charge in [-0.25, -0.2) is 9.78 Å². The first-order valence-electron chi connectivity index (χ1n) is 4.18. The molecule has 6 heteroatoms. The summed E-state index contributed by atoms with van der Waals surface area (Å²) in [6.45, 7) is 0. The van der Waals surface area contributed by atoms with Gasteiger partial charge in [-0.15, -0.1) is 0 Å². The number of rotatable bonds is 1. The van der Waals surface area contributed by atoms with E-state index in [1.807, 2.05) is 6.07 Å². The van der Waals surface area contributed by atoms with Crippen molar-refractivity contribution in [1.29, 1.82) is 0 Å². The number of fused-ring (bicyclic) bond motifs is 1. The summed E-state index contributed by atoms with van der Waals surface area (Å²) in [5.74, 6) is -1.10. The van der Waals surface area contributed by atoms with Crippen LogP contribution < -0.4 is 0 Å². The molecule has 0 radical (unpaired) electrons. The van der Waals surface area contributed by atoms with Crippen molar-refractivity contribution in [3.8, 4) is 0 Å². The summed E-state index contributed by atoms with van der Waals surface area (Å²) in [6.07, 6.45) is 0. The van der Waals surface area contributed by atoms with Gasteiger partial charge in [-0.05, 0) is 34.1 Å². The Morgan fingerprint density at radius 1 is 1.31 bits per heavy atom. The Morgan fingerprint density at radius 2 is 1.94 bits per heavy atom. The highest BCUT2D eigenvalue weighted by Gasteiger charge is 2.13. The number of hydrogen-bond donors (Lipinski definition) is 1. The number of carbonyl (C=O) groups is 1. The van der Waals surface area contributed by atoms with E-state index in [9.17, 15) is 4.79 Å². The van der Waals surface area contributed by atoms with Crippen LogP contribution in [0.3, 0.4) is 0 Å². The standard InChI is InChI=1S/C10H4Br2ClNO2/c11-4-1-2-5(12)9-8(4)6(13)3-7(14-9)10(15)16/h1-3H,(H,15,16). The van der Waals surface area contributed by atoms with Gasteiger partial charge in [0, 0.05) is 14.3 Å². The number of nitrogens with zero attached hydrogens (tertiary/aromatic N) is 1. The molecule has 1 aromatic heterocycles. The van der Waals surface area contributed by atoms with Gasteiger partial charge < -0.3 is 5.11 Å². The molecule has 3 nitrogen and oxygen atoms in total. The Bertz CT molecular complexity index is 601. The largest absolute Gasteiger partial charge is 0.477 e. The van der Waals surface area contributed by atoms with Gasteiger partial charge in [-0.3, -0.25) is 0 Å².